The van der Waals surface area contributed by atoms with Crippen LogP contribution >= 0.6 is 0 Å². The minimum Gasteiger partial charge on any atom is -0.371 e. The minimum atomic E-state index is -0.0415. The Morgan fingerprint density at radius 3 is 2.47 bits per heavy atom. The molecule has 4 fully saturated rings. The van der Waals surface area contributed by atoms with Crippen molar-refractivity contribution in [2.24, 2.45) is 17.8 Å². The fourth-order valence-electron chi connectivity index (χ4n) is 4.90. The molecule has 4 rings (SSSR count). The standard InChI is InChI=1S/C14H21NO2/c1-14(2,3)15-10-9(13(15)16)11-7-5-4-6-8(7)12(10)17-11/h7-12H,4-6H2,1-3H3. The van der Waals surface area contributed by atoms with Gasteiger partial charge in [0.05, 0.1) is 24.2 Å². The molecule has 3 heterocycles. The highest BCUT2D eigenvalue weighted by molar-refractivity contribution is 5.88. The number of carbonyl (C=O) groups is 1. The van der Waals surface area contributed by atoms with E-state index in [1.807, 2.05) is 0 Å². The topological polar surface area (TPSA) is 29.5 Å². The van der Waals surface area contributed by atoms with Crippen LogP contribution < -0.4 is 0 Å². The Balaban J connectivity index is 1.68. The van der Waals surface area contributed by atoms with Gasteiger partial charge in [-0.25, -0.2) is 0 Å². The molecule has 6 unspecified atom stereocenters. The van der Waals surface area contributed by atoms with Crippen LogP contribution in [0.15, 0.2) is 0 Å². The molecule has 0 aromatic heterocycles. The molecule has 17 heavy (non-hydrogen) atoms. The molecule has 3 saturated heterocycles. The number of likely N-dealkylation sites (tertiary alicyclic amines) is 1. The third-order valence-electron chi connectivity index (χ3n) is 5.39. The van der Waals surface area contributed by atoms with Crippen LogP contribution in [0.4, 0.5) is 0 Å². The Morgan fingerprint density at radius 1 is 1.18 bits per heavy atom. The van der Waals surface area contributed by atoms with Crippen molar-refractivity contribution in [3.63, 3.8) is 0 Å². The van der Waals surface area contributed by atoms with E-state index in [1.165, 1.54) is 19.3 Å². The molecule has 0 spiro atoms. The summed E-state index contributed by atoms with van der Waals surface area (Å²) in [4.78, 5) is 14.4. The van der Waals surface area contributed by atoms with Gasteiger partial charge in [0.2, 0.25) is 5.91 Å². The molecule has 6 atom stereocenters. The molecular formula is C14H21NO2. The Kier molecular flexibility index (Phi) is 1.75. The van der Waals surface area contributed by atoms with Gasteiger partial charge in [0.25, 0.3) is 0 Å². The number of ether oxygens (including phenoxy) is 1. The fraction of sp³-hybridized carbons (Fsp3) is 0.929. The van der Waals surface area contributed by atoms with Gasteiger partial charge in [-0.1, -0.05) is 6.42 Å². The Morgan fingerprint density at radius 2 is 1.82 bits per heavy atom. The number of β-lactam (4-membered cyclic amide) rings is 1. The van der Waals surface area contributed by atoms with Gasteiger partial charge in [-0.3, -0.25) is 4.79 Å². The molecule has 3 heteroatoms. The van der Waals surface area contributed by atoms with Crippen molar-refractivity contribution in [2.75, 3.05) is 0 Å². The average Bonchev–Trinajstić information content (AvgIpc) is 2.80. The maximum atomic E-state index is 12.3. The summed E-state index contributed by atoms with van der Waals surface area (Å²) >= 11 is 0. The van der Waals surface area contributed by atoms with Crippen molar-refractivity contribution in [1.29, 1.82) is 0 Å². The predicted octanol–water partition coefficient (Wildman–Crippen LogP) is 1.81. The molecule has 2 bridgehead atoms. The summed E-state index contributed by atoms with van der Waals surface area (Å²) in [6.45, 7) is 6.41. The number of carbonyl (C=O) groups excluding carboxylic acids is 1. The molecule has 3 nitrogen and oxygen atoms in total. The number of fused-ring (bicyclic) bond motifs is 8. The van der Waals surface area contributed by atoms with Gasteiger partial charge in [0.15, 0.2) is 0 Å². The summed E-state index contributed by atoms with van der Waals surface area (Å²) in [5.41, 5.74) is -0.0415. The summed E-state index contributed by atoms with van der Waals surface area (Å²) < 4.78 is 6.16. The molecule has 0 N–H and O–H groups in total. The Bertz CT molecular complexity index is 386. The van der Waals surface area contributed by atoms with Gasteiger partial charge in [-0.2, -0.15) is 0 Å². The van der Waals surface area contributed by atoms with E-state index in [0.29, 0.717) is 24.0 Å². The monoisotopic (exact) mass is 235 g/mol. The summed E-state index contributed by atoms with van der Waals surface area (Å²) in [6, 6.07) is 0.395. The van der Waals surface area contributed by atoms with E-state index in [2.05, 4.69) is 25.7 Å². The highest BCUT2D eigenvalue weighted by Gasteiger charge is 2.71. The lowest BCUT2D eigenvalue weighted by Gasteiger charge is -2.55. The van der Waals surface area contributed by atoms with E-state index in [4.69, 9.17) is 4.74 Å². The molecular weight excluding hydrogens is 214 g/mol. The molecule has 0 radical (unpaired) electrons. The van der Waals surface area contributed by atoms with E-state index in [9.17, 15) is 4.79 Å². The molecule has 4 aliphatic rings. The van der Waals surface area contributed by atoms with Crippen molar-refractivity contribution in [3.05, 3.63) is 0 Å². The summed E-state index contributed by atoms with van der Waals surface area (Å²) in [5, 5.41) is 0. The number of hydrogen-bond donors (Lipinski definition) is 0. The van der Waals surface area contributed by atoms with E-state index in [-0.39, 0.29) is 17.6 Å². The molecule has 94 valence electrons. The quantitative estimate of drug-likeness (QED) is 0.599. The molecule has 1 saturated carbocycles. The van der Waals surface area contributed by atoms with Crippen molar-refractivity contribution >= 4 is 5.91 Å². The van der Waals surface area contributed by atoms with E-state index >= 15 is 0 Å². The van der Waals surface area contributed by atoms with E-state index < -0.39 is 0 Å². The number of amides is 1. The number of nitrogens with zero attached hydrogens (tertiary/aromatic N) is 1. The second-order valence-electron chi connectivity index (χ2n) is 7.22. The van der Waals surface area contributed by atoms with Crippen LogP contribution in [0.2, 0.25) is 0 Å². The van der Waals surface area contributed by atoms with Crippen LogP contribution in [0, 0.1) is 17.8 Å². The van der Waals surface area contributed by atoms with Crippen LogP contribution in [-0.2, 0) is 9.53 Å². The molecule has 3 aliphatic heterocycles. The van der Waals surface area contributed by atoms with Crippen LogP contribution in [0.1, 0.15) is 40.0 Å². The van der Waals surface area contributed by atoms with Gasteiger partial charge < -0.3 is 9.64 Å². The third kappa shape index (κ3) is 1.05. The second kappa shape index (κ2) is 2.87. The van der Waals surface area contributed by atoms with E-state index in [1.54, 1.807) is 0 Å². The van der Waals surface area contributed by atoms with Crippen LogP contribution in [0.25, 0.3) is 0 Å². The average molecular weight is 235 g/mol. The lowest BCUT2D eigenvalue weighted by molar-refractivity contribution is -0.169. The van der Waals surface area contributed by atoms with Gasteiger partial charge in [-0.15, -0.1) is 0 Å². The SMILES string of the molecule is CC(C)(C)N1C(=O)C2C3OC(C4CCCC43)C21. The Hall–Kier alpha value is -0.570. The number of hydrogen-bond acceptors (Lipinski definition) is 2. The zero-order valence-electron chi connectivity index (χ0n) is 10.8. The molecule has 1 amide bonds. The Labute approximate surface area is 102 Å². The van der Waals surface area contributed by atoms with Gasteiger partial charge >= 0.3 is 0 Å². The lowest BCUT2D eigenvalue weighted by atomic mass is 9.66. The first-order valence-electron chi connectivity index (χ1n) is 6.99. The maximum absolute atomic E-state index is 12.3. The van der Waals surface area contributed by atoms with Crippen molar-refractivity contribution in [3.8, 4) is 0 Å². The molecule has 0 aromatic rings. The van der Waals surface area contributed by atoms with Gasteiger partial charge in [0.1, 0.15) is 0 Å². The van der Waals surface area contributed by atoms with Gasteiger partial charge in [0, 0.05) is 5.54 Å². The fourth-order valence-corrected chi connectivity index (χ4v) is 4.90. The minimum absolute atomic E-state index is 0.0415. The van der Waals surface area contributed by atoms with E-state index in [0.717, 1.165) is 5.92 Å². The first-order valence-corrected chi connectivity index (χ1v) is 6.99. The second-order valence-corrected chi connectivity index (χ2v) is 7.22. The summed E-state index contributed by atoms with van der Waals surface area (Å²) in [5.74, 6) is 2.01. The molecule has 0 aromatic carbocycles. The normalized spacial score (nSPS) is 51.5. The third-order valence-corrected chi connectivity index (χ3v) is 5.39. The lowest BCUT2D eigenvalue weighted by Crippen LogP contribution is -2.72. The summed E-state index contributed by atoms with van der Waals surface area (Å²) in [7, 11) is 0. The van der Waals surface area contributed by atoms with Crippen molar-refractivity contribution in [1.82, 2.24) is 4.90 Å². The first kappa shape index (κ1) is 10.4. The van der Waals surface area contributed by atoms with Crippen LogP contribution in [-0.4, -0.2) is 34.6 Å². The summed E-state index contributed by atoms with van der Waals surface area (Å²) in [6.07, 6.45) is 4.58. The van der Waals surface area contributed by atoms with Crippen LogP contribution in [0.5, 0.6) is 0 Å². The van der Waals surface area contributed by atoms with Crippen LogP contribution in [0.3, 0.4) is 0 Å². The highest BCUT2D eigenvalue weighted by Crippen LogP contribution is 2.59. The molecule has 1 aliphatic carbocycles. The zero-order chi connectivity index (χ0) is 11.9. The predicted molar refractivity (Wildman–Crippen MR) is 63.4 cm³/mol. The smallest absolute Gasteiger partial charge is 0.231 e. The highest BCUT2D eigenvalue weighted by atomic mass is 16.5. The van der Waals surface area contributed by atoms with Crippen molar-refractivity contribution < 1.29 is 9.53 Å². The largest absolute Gasteiger partial charge is 0.371 e. The zero-order valence-corrected chi connectivity index (χ0v) is 10.8. The first-order chi connectivity index (χ1) is 8.00. The van der Waals surface area contributed by atoms with Crippen molar-refractivity contribution in [2.45, 2.75) is 63.8 Å². The number of rotatable bonds is 0. The van der Waals surface area contributed by atoms with Gasteiger partial charge in [-0.05, 0) is 45.4 Å². The maximum Gasteiger partial charge on any atom is 0.231 e.